The molecule has 0 aliphatic carbocycles. The first kappa shape index (κ1) is 13.7. The Labute approximate surface area is 105 Å². The van der Waals surface area contributed by atoms with Gasteiger partial charge in [-0.1, -0.05) is 0 Å². The lowest BCUT2D eigenvalue weighted by Crippen LogP contribution is -2.50. The second kappa shape index (κ2) is 6.40. The van der Waals surface area contributed by atoms with Gasteiger partial charge in [-0.25, -0.2) is 0 Å². The first-order valence-corrected chi connectivity index (χ1v) is 6.71. The first-order chi connectivity index (χ1) is 7.49. The molecule has 0 atom stereocenters. The van der Waals surface area contributed by atoms with E-state index in [1.54, 1.807) is 0 Å². The molecule has 1 heterocycles. The minimum absolute atomic E-state index is 0.413. The van der Waals surface area contributed by atoms with Gasteiger partial charge in [-0.05, 0) is 52.8 Å². The average molecular weight is 243 g/mol. The van der Waals surface area contributed by atoms with Gasteiger partial charge in [0, 0.05) is 31.2 Å². The summed E-state index contributed by atoms with van der Waals surface area (Å²) < 4.78 is 0. The zero-order valence-electron chi connectivity index (χ0n) is 10.9. The predicted molar refractivity (Wildman–Crippen MR) is 73.7 cm³/mol. The summed E-state index contributed by atoms with van der Waals surface area (Å²) in [5.74, 6) is 0. The van der Waals surface area contributed by atoms with Gasteiger partial charge in [-0.15, -0.1) is 0 Å². The maximum atomic E-state index is 5.26. The fraction of sp³-hybridized carbons (Fsp3) is 0.917. The van der Waals surface area contributed by atoms with Crippen molar-refractivity contribution in [1.82, 2.24) is 15.5 Å². The molecule has 0 unspecified atom stereocenters. The van der Waals surface area contributed by atoms with Crippen molar-refractivity contribution in [2.24, 2.45) is 0 Å². The summed E-state index contributed by atoms with van der Waals surface area (Å²) in [6.45, 7) is 11.1. The maximum Gasteiger partial charge on any atom is 0.166 e. The van der Waals surface area contributed by atoms with Gasteiger partial charge in [0.25, 0.3) is 0 Å². The maximum absolute atomic E-state index is 5.26. The standard InChI is InChI=1S/C12H25N3S/c1-9(2)13-12(16)14-11-5-7-15(8-6-11)10(3)4/h9-11H,5-8H2,1-4H3,(H2,13,14,16). The summed E-state index contributed by atoms with van der Waals surface area (Å²) in [5, 5.41) is 7.44. The fourth-order valence-electron chi connectivity index (χ4n) is 2.05. The summed E-state index contributed by atoms with van der Waals surface area (Å²) in [6.07, 6.45) is 2.39. The third kappa shape index (κ3) is 4.66. The Kier molecular flexibility index (Phi) is 5.49. The van der Waals surface area contributed by atoms with Crippen molar-refractivity contribution in [2.75, 3.05) is 13.1 Å². The van der Waals surface area contributed by atoms with E-state index in [-0.39, 0.29) is 0 Å². The van der Waals surface area contributed by atoms with E-state index in [0.29, 0.717) is 18.1 Å². The van der Waals surface area contributed by atoms with Crippen LogP contribution in [0.5, 0.6) is 0 Å². The largest absolute Gasteiger partial charge is 0.361 e. The third-order valence-electron chi connectivity index (χ3n) is 3.01. The summed E-state index contributed by atoms with van der Waals surface area (Å²) >= 11 is 5.26. The SMILES string of the molecule is CC(C)NC(=S)NC1CCN(C(C)C)CC1. The number of piperidine rings is 1. The lowest BCUT2D eigenvalue weighted by molar-refractivity contribution is 0.167. The van der Waals surface area contributed by atoms with Gasteiger partial charge in [-0.3, -0.25) is 0 Å². The molecule has 0 amide bonds. The highest BCUT2D eigenvalue weighted by Crippen LogP contribution is 2.12. The number of hydrogen-bond acceptors (Lipinski definition) is 2. The quantitative estimate of drug-likeness (QED) is 0.738. The molecule has 1 rings (SSSR count). The molecule has 0 aromatic carbocycles. The molecular weight excluding hydrogens is 218 g/mol. The second-order valence-corrected chi connectivity index (χ2v) is 5.58. The average Bonchev–Trinajstić information content (AvgIpc) is 2.16. The van der Waals surface area contributed by atoms with Gasteiger partial charge in [0.2, 0.25) is 0 Å². The molecule has 1 saturated heterocycles. The minimum atomic E-state index is 0.413. The monoisotopic (exact) mass is 243 g/mol. The number of hydrogen-bond donors (Lipinski definition) is 2. The number of nitrogens with one attached hydrogen (secondary N) is 2. The number of nitrogens with zero attached hydrogens (tertiary/aromatic N) is 1. The molecule has 0 radical (unpaired) electrons. The Hall–Kier alpha value is -0.350. The van der Waals surface area contributed by atoms with Crippen LogP contribution in [0.4, 0.5) is 0 Å². The molecule has 1 aliphatic rings. The van der Waals surface area contributed by atoms with E-state index in [4.69, 9.17) is 12.2 Å². The van der Waals surface area contributed by atoms with Crippen molar-refractivity contribution >= 4 is 17.3 Å². The highest BCUT2D eigenvalue weighted by molar-refractivity contribution is 7.80. The van der Waals surface area contributed by atoms with E-state index in [2.05, 4.69) is 43.2 Å². The van der Waals surface area contributed by atoms with Crippen molar-refractivity contribution in [1.29, 1.82) is 0 Å². The molecule has 2 N–H and O–H groups in total. The summed E-state index contributed by atoms with van der Waals surface area (Å²) in [4.78, 5) is 2.52. The van der Waals surface area contributed by atoms with Crippen LogP contribution in [0.15, 0.2) is 0 Å². The lowest BCUT2D eigenvalue weighted by atomic mass is 10.0. The summed E-state index contributed by atoms with van der Waals surface area (Å²) in [7, 11) is 0. The second-order valence-electron chi connectivity index (χ2n) is 5.18. The number of thiocarbonyl (C=S) groups is 1. The molecule has 0 saturated carbocycles. The number of rotatable bonds is 3. The highest BCUT2D eigenvalue weighted by Gasteiger charge is 2.20. The highest BCUT2D eigenvalue weighted by atomic mass is 32.1. The fourth-order valence-corrected chi connectivity index (χ4v) is 2.45. The first-order valence-electron chi connectivity index (χ1n) is 6.30. The van der Waals surface area contributed by atoms with Crippen LogP contribution in [0, 0.1) is 0 Å². The van der Waals surface area contributed by atoms with Crippen LogP contribution in [0.2, 0.25) is 0 Å². The molecule has 0 aromatic heterocycles. The topological polar surface area (TPSA) is 27.3 Å². The van der Waals surface area contributed by atoms with E-state index >= 15 is 0 Å². The minimum Gasteiger partial charge on any atom is -0.361 e. The van der Waals surface area contributed by atoms with Crippen LogP contribution in [0.3, 0.4) is 0 Å². The van der Waals surface area contributed by atoms with Crippen LogP contribution in [0.25, 0.3) is 0 Å². The van der Waals surface area contributed by atoms with Crippen LogP contribution in [-0.4, -0.2) is 41.2 Å². The Balaban J connectivity index is 2.24. The van der Waals surface area contributed by atoms with Gasteiger partial charge in [0.15, 0.2) is 5.11 Å². The van der Waals surface area contributed by atoms with Crippen molar-refractivity contribution in [3.8, 4) is 0 Å². The lowest BCUT2D eigenvalue weighted by Gasteiger charge is -2.35. The molecular formula is C12H25N3S. The summed E-state index contributed by atoms with van der Waals surface area (Å²) in [6, 6.07) is 1.63. The van der Waals surface area contributed by atoms with Gasteiger partial charge in [-0.2, -0.15) is 0 Å². The molecule has 3 nitrogen and oxygen atoms in total. The Morgan fingerprint density at radius 2 is 1.75 bits per heavy atom. The van der Waals surface area contributed by atoms with Gasteiger partial charge in [0.1, 0.15) is 0 Å². The molecule has 0 aromatic rings. The normalized spacial score (nSPS) is 19.1. The van der Waals surface area contributed by atoms with Crippen LogP contribution >= 0.6 is 12.2 Å². The Morgan fingerprint density at radius 3 is 2.19 bits per heavy atom. The van der Waals surface area contributed by atoms with Crippen molar-refractivity contribution in [2.45, 2.75) is 58.7 Å². The molecule has 1 fully saturated rings. The molecule has 94 valence electrons. The van der Waals surface area contributed by atoms with E-state index in [0.717, 1.165) is 5.11 Å². The van der Waals surface area contributed by atoms with Crippen molar-refractivity contribution in [3.63, 3.8) is 0 Å². The van der Waals surface area contributed by atoms with E-state index in [1.807, 2.05) is 0 Å². The molecule has 0 bridgehead atoms. The molecule has 0 spiro atoms. The van der Waals surface area contributed by atoms with Gasteiger partial charge in [0.05, 0.1) is 0 Å². The van der Waals surface area contributed by atoms with E-state index in [1.165, 1.54) is 25.9 Å². The zero-order chi connectivity index (χ0) is 12.1. The van der Waals surface area contributed by atoms with Crippen LogP contribution in [0.1, 0.15) is 40.5 Å². The van der Waals surface area contributed by atoms with E-state index < -0.39 is 0 Å². The predicted octanol–water partition coefficient (Wildman–Crippen LogP) is 1.73. The Bertz CT molecular complexity index is 220. The molecule has 4 heteroatoms. The van der Waals surface area contributed by atoms with Gasteiger partial charge < -0.3 is 15.5 Å². The van der Waals surface area contributed by atoms with Crippen LogP contribution < -0.4 is 10.6 Å². The van der Waals surface area contributed by atoms with Gasteiger partial charge >= 0.3 is 0 Å². The third-order valence-corrected chi connectivity index (χ3v) is 3.25. The number of likely N-dealkylation sites (tertiary alicyclic amines) is 1. The Morgan fingerprint density at radius 1 is 1.19 bits per heavy atom. The van der Waals surface area contributed by atoms with E-state index in [9.17, 15) is 0 Å². The van der Waals surface area contributed by atoms with Crippen molar-refractivity contribution < 1.29 is 0 Å². The zero-order valence-corrected chi connectivity index (χ0v) is 11.7. The van der Waals surface area contributed by atoms with Crippen LogP contribution in [-0.2, 0) is 0 Å². The van der Waals surface area contributed by atoms with Crippen molar-refractivity contribution in [3.05, 3.63) is 0 Å². The smallest absolute Gasteiger partial charge is 0.166 e. The molecule has 1 aliphatic heterocycles. The molecule has 16 heavy (non-hydrogen) atoms. The summed E-state index contributed by atoms with van der Waals surface area (Å²) in [5.41, 5.74) is 0.